The maximum Gasteiger partial charge on any atom is 0.338 e. The summed E-state index contributed by atoms with van der Waals surface area (Å²) in [5.41, 5.74) is -1.06. The Morgan fingerprint density at radius 3 is 2.10 bits per heavy atom. The Balaban J connectivity index is 2.61. The van der Waals surface area contributed by atoms with Crippen molar-refractivity contribution in [3.8, 4) is 11.8 Å². The molecule has 0 fully saturated rings. The second kappa shape index (κ2) is 5.75. The van der Waals surface area contributed by atoms with Crippen LogP contribution in [-0.2, 0) is 9.53 Å². The van der Waals surface area contributed by atoms with E-state index in [0.29, 0.717) is 17.8 Å². The van der Waals surface area contributed by atoms with Crippen LogP contribution < -0.4 is 4.84 Å². The smallest absolute Gasteiger partial charge is 0.338 e. The largest absolute Gasteiger partial charge is 0.492 e. The Hall–Kier alpha value is -1.69. The highest BCUT2D eigenvalue weighted by Gasteiger charge is 2.31. The molecule has 0 saturated heterocycles. The monoisotopic (exact) mass is 285 g/mol. The predicted octanol–water partition coefficient (Wildman–Crippen LogP) is 2.09. The summed E-state index contributed by atoms with van der Waals surface area (Å²) in [4.78, 5) is 17.1. The zero-order valence-electron chi connectivity index (χ0n) is 12.6. The molecule has 0 saturated carbocycles. The number of hydrogen-bond acceptors (Lipinski definition) is 5. The van der Waals surface area contributed by atoms with E-state index in [1.807, 2.05) is 20.8 Å². The number of carbonyl (C=O) groups is 1. The molecule has 0 aliphatic rings. The standard InChI is InChI=1S/C14H23NO5/c1-13(2,3)19-9-8-14(4,5)12(18)20-15-10(16)6-7-11(15)17/h6-7,16-17H,8-9H2,1-5H3. The summed E-state index contributed by atoms with van der Waals surface area (Å²) in [5.74, 6) is -1.23. The summed E-state index contributed by atoms with van der Waals surface area (Å²) in [6.45, 7) is 9.67. The van der Waals surface area contributed by atoms with Crippen molar-refractivity contribution in [1.29, 1.82) is 0 Å². The average Bonchev–Trinajstić information content (AvgIpc) is 2.58. The first kappa shape index (κ1) is 16.4. The van der Waals surface area contributed by atoms with E-state index in [0.717, 1.165) is 0 Å². The topological polar surface area (TPSA) is 80.9 Å². The van der Waals surface area contributed by atoms with Crippen molar-refractivity contribution in [3.63, 3.8) is 0 Å². The molecule has 1 aromatic rings. The van der Waals surface area contributed by atoms with Gasteiger partial charge in [-0.3, -0.25) is 0 Å². The van der Waals surface area contributed by atoms with Crippen LogP contribution in [0.25, 0.3) is 0 Å². The second-order valence-corrected chi connectivity index (χ2v) is 6.32. The van der Waals surface area contributed by atoms with Crippen molar-refractivity contribution < 1.29 is 24.6 Å². The first-order valence-corrected chi connectivity index (χ1v) is 6.49. The summed E-state index contributed by atoms with van der Waals surface area (Å²) < 4.78 is 6.27. The highest BCUT2D eigenvalue weighted by molar-refractivity contribution is 5.76. The van der Waals surface area contributed by atoms with E-state index in [1.165, 1.54) is 12.1 Å². The van der Waals surface area contributed by atoms with Gasteiger partial charge < -0.3 is 19.8 Å². The fraction of sp³-hybridized carbons (Fsp3) is 0.643. The molecule has 2 N–H and O–H groups in total. The second-order valence-electron chi connectivity index (χ2n) is 6.32. The summed E-state index contributed by atoms with van der Waals surface area (Å²) in [6.07, 6.45) is 0.464. The molecule has 0 aliphatic carbocycles. The Morgan fingerprint density at radius 1 is 1.15 bits per heavy atom. The Labute approximate surface area is 118 Å². The molecule has 1 rings (SSSR count). The van der Waals surface area contributed by atoms with E-state index in [1.54, 1.807) is 13.8 Å². The van der Waals surface area contributed by atoms with E-state index in [9.17, 15) is 15.0 Å². The quantitative estimate of drug-likeness (QED) is 0.865. The van der Waals surface area contributed by atoms with Crippen LogP contribution in [-0.4, -0.2) is 33.1 Å². The molecule has 6 heteroatoms. The molecule has 1 aromatic heterocycles. The molecule has 0 aromatic carbocycles. The lowest BCUT2D eigenvalue weighted by Crippen LogP contribution is -2.35. The van der Waals surface area contributed by atoms with Crippen LogP contribution in [0.5, 0.6) is 11.8 Å². The average molecular weight is 285 g/mol. The third kappa shape index (κ3) is 4.45. The van der Waals surface area contributed by atoms with Crippen molar-refractivity contribution in [3.05, 3.63) is 12.1 Å². The van der Waals surface area contributed by atoms with Crippen LogP contribution in [0.2, 0.25) is 0 Å². The molecular formula is C14H23NO5. The highest BCUT2D eigenvalue weighted by atomic mass is 16.7. The lowest BCUT2D eigenvalue weighted by molar-refractivity contribution is -0.157. The van der Waals surface area contributed by atoms with Crippen LogP contribution in [0.4, 0.5) is 0 Å². The zero-order chi connectivity index (χ0) is 15.6. The fourth-order valence-electron chi connectivity index (χ4n) is 1.42. The predicted molar refractivity (Wildman–Crippen MR) is 73.5 cm³/mol. The van der Waals surface area contributed by atoms with Crippen molar-refractivity contribution in [1.82, 2.24) is 4.73 Å². The van der Waals surface area contributed by atoms with E-state index in [2.05, 4.69) is 0 Å². The third-order valence-electron chi connectivity index (χ3n) is 2.79. The van der Waals surface area contributed by atoms with Gasteiger partial charge in [-0.05, 0) is 41.0 Å². The van der Waals surface area contributed by atoms with Gasteiger partial charge in [0.25, 0.3) is 0 Å². The molecule has 0 radical (unpaired) electrons. The lowest BCUT2D eigenvalue weighted by atomic mass is 9.90. The third-order valence-corrected chi connectivity index (χ3v) is 2.79. The molecule has 0 atom stereocenters. The van der Waals surface area contributed by atoms with Gasteiger partial charge in [0.2, 0.25) is 11.8 Å². The summed E-state index contributed by atoms with van der Waals surface area (Å²) in [6, 6.07) is 2.47. The van der Waals surface area contributed by atoms with Crippen molar-refractivity contribution in [2.75, 3.05) is 6.61 Å². The normalized spacial score (nSPS) is 12.4. The molecule has 114 valence electrons. The SMILES string of the molecule is CC(C)(C)OCCC(C)(C)C(=O)On1c(O)ccc1O. The number of nitrogens with zero attached hydrogens (tertiary/aromatic N) is 1. The Kier molecular flexibility index (Phi) is 4.70. The zero-order valence-corrected chi connectivity index (χ0v) is 12.6. The van der Waals surface area contributed by atoms with Crippen LogP contribution >= 0.6 is 0 Å². The van der Waals surface area contributed by atoms with Gasteiger partial charge >= 0.3 is 5.97 Å². The summed E-state index contributed by atoms with van der Waals surface area (Å²) in [5, 5.41) is 18.9. The first-order chi connectivity index (χ1) is 9.03. The van der Waals surface area contributed by atoms with Gasteiger partial charge in [-0.15, -0.1) is 4.73 Å². The van der Waals surface area contributed by atoms with Gasteiger partial charge in [0.05, 0.1) is 11.0 Å². The molecule has 1 heterocycles. The van der Waals surface area contributed by atoms with Crippen molar-refractivity contribution in [2.24, 2.45) is 5.41 Å². The molecule has 0 unspecified atom stereocenters. The Morgan fingerprint density at radius 2 is 1.65 bits per heavy atom. The van der Waals surface area contributed by atoms with E-state index < -0.39 is 11.4 Å². The van der Waals surface area contributed by atoms with Gasteiger partial charge in [0.15, 0.2) is 0 Å². The maximum atomic E-state index is 12.1. The summed E-state index contributed by atoms with van der Waals surface area (Å²) in [7, 11) is 0. The van der Waals surface area contributed by atoms with Gasteiger partial charge in [-0.25, -0.2) is 4.79 Å². The van der Waals surface area contributed by atoms with Crippen LogP contribution in [0.3, 0.4) is 0 Å². The number of rotatable bonds is 5. The molecule has 0 amide bonds. The number of aromatic hydroxyl groups is 2. The first-order valence-electron chi connectivity index (χ1n) is 6.49. The van der Waals surface area contributed by atoms with E-state index in [-0.39, 0.29) is 17.4 Å². The molecule has 0 spiro atoms. The van der Waals surface area contributed by atoms with Crippen molar-refractivity contribution in [2.45, 2.75) is 46.6 Å². The van der Waals surface area contributed by atoms with Crippen LogP contribution in [0.15, 0.2) is 12.1 Å². The number of ether oxygens (including phenoxy) is 1. The molecule has 20 heavy (non-hydrogen) atoms. The Bertz CT molecular complexity index is 451. The van der Waals surface area contributed by atoms with Gasteiger partial charge in [0.1, 0.15) is 0 Å². The maximum absolute atomic E-state index is 12.1. The van der Waals surface area contributed by atoms with E-state index in [4.69, 9.17) is 9.57 Å². The lowest BCUT2D eigenvalue weighted by Gasteiger charge is -2.25. The highest BCUT2D eigenvalue weighted by Crippen LogP contribution is 2.25. The summed E-state index contributed by atoms with van der Waals surface area (Å²) >= 11 is 0. The van der Waals surface area contributed by atoms with Gasteiger partial charge in [-0.1, -0.05) is 0 Å². The molecular weight excluding hydrogens is 262 g/mol. The van der Waals surface area contributed by atoms with E-state index >= 15 is 0 Å². The number of aromatic nitrogens is 1. The van der Waals surface area contributed by atoms with Gasteiger partial charge in [-0.2, -0.15) is 0 Å². The number of carbonyl (C=O) groups excluding carboxylic acids is 1. The molecule has 6 nitrogen and oxygen atoms in total. The van der Waals surface area contributed by atoms with Gasteiger partial charge in [0, 0.05) is 18.7 Å². The minimum Gasteiger partial charge on any atom is -0.492 e. The number of hydrogen-bond donors (Lipinski definition) is 2. The van der Waals surface area contributed by atoms with Crippen LogP contribution in [0, 0.1) is 5.41 Å². The van der Waals surface area contributed by atoms with Crippen LogP contribution in [0.1, 0.15) is 41.0 Å². The fourth-order valence-corrected chi connectivity index (χ4v) is 1.42. The minimum absolute atomic E-state index is 0.267. The van der Waals surface area contributed by atoms with Crippen molar-refractivity contribution >= 4 is 5.97 Å². The minimum atomic E-state index is -0.797. The molecule has 0 bridgehead atoms. The molecule has 0 aliphatic heterocycles.